The van der Waals surface area contributed by atoms with Crippen molar-refractivity contribution in [1.29, 1.82) is 0 Å². The lowest BCUT2D eigenvalue weighted by Gasteiger charge is -2.27. The van der Waals surface area contributed by atoms with Crippen molar-refractivity contribution < 1.29 is 0 Å². The lowest BCUT2D eigenvalue weighted by Crippen LogP contribution is -2.41. The highest BCUT2D eigenvalue weighted by Gasteiger charge is 2.28. The van der Waals surface area contributed by atoms with E-state index in [0.29, 0.717) is 0 Å². The van der Waals surface area contributed by atoms with E-state index >= 15 is 0 Å². The molecule has 0 bridgehead atoms. The standard InChI is InChI=1S/C16H31N3/c1-2-6-15(7-3-1)17-9-13-18-10-5-12-19-11-4-8-16(19)14-18/h15-17H,1-14H2. The molecule has 19 heavy (non-hydrogen) atoms. The van der Waals surface area contributed by atoms with E-state index in [0.717, 1.165) is 12.1 Å². The number of fused-ring (bicyclic) bond motifs is 1. The largest absolute Gasteiger partial charge is 0.313 e. The minimum Gasteiger partial charge on any atom is -0.313 e. The maximum atomic E-state index is 3.79. The highest BCUT2D eigenvalue weighted by Crippen LogP contribution is 2.21. The van der Waals surface area contributed by atoms with Gasteiger partial charge >= 0.3 is 0 Å². The molecular weight excluding hydrogens is 234 g/mol. The average Bonchev–Trinajstić information content (AvgIpc) is 2.79. The molecule has 1 N–H and O–H groups in total. The van der Waals surface area contributed by atoms with Crippen LogP contribution in [0.4, 0.5) is 0 Å². The molecule has 1 unspecified atom stereocenters. The predicted molar refractivity (Wildman–Crippen MR) is 80.5 cm³/mol. The minimum atomic E-state index is 0.823. The summed E-state index contributed by atoms with van der Waals surface area (Å²) in [5, 5.41) is 3.79. The molecule has 3 nitrogen and oxygen atoms in total. The summed E-state index contributed by atoms with van der Waals surface area (Å²) in [7, 11) is 0. The third kappa shape index (κ3) is 3.93. The average molecular weight is 265 g/mol. The Morgan fingerprint density at radius 3 is 2.58 bits per heavy atom. The van der Waals surface area contributed by atoms with Gasteiger partial charge in [0.2, 0.25) is 0 Å². The third-order valence-electron chi connectivity index (χ3n) is 5.35. The fourth-order valence-electron chi connectivity index (χ4n) is 4.22. The Balaban J connectivity index is 1.37. The molecule has 2 heterocycles. The Hall–Kier alpha value is -0.120. The number of rotatable bonds is 4. The van der Waals surface area contributed by atoms with Crippen molar-refractivity contribution in [3.63, 3.8) is 0 Å². The highest BCUT2D eigenvalue weighted by atomic mass is 15.3. The van der Waals surface area contributed by atoms with E-state index in [1.165, 1.54) is 90.6 Å². The molecule has 110 valence electrons. The van der Waals surface area contributed by atoms with Crippen LogP contribution in [-0.2, 0) is 0 Å². The number of nitrogens with one attached hydrogen (secondary N) is 1. The van der Waals surface area contributed by atoms with E-state index in [9.17, 15) is 0 Å². The molecule has 0 aromatic carbocycles. The zero-order chi connectivity index (χ0) is 12.9. The molecule has 0 aromatic heterocycles. The van der Waals surface area contributed by atoms with Gasteiger partial charge in [0, 0.05) is 31.7 Å². The maximum absolute atomic E-state index is 3.79. The first-order chi connectivity index (χ1) is 9.42. The summed E-state index contributed by atoms with van der Waals surface area (Å²) in [4.78, 5) is 5.44. The molecule has 0 spiro atoms. The molecule has 1 atom stereocenters. The Morgan fingerprint density at radius 2 is 1.68 bits per heavy atom. The van der Waals surface area contributed by atoms with Crippen molar-refractivity contribution >= 4 is 0 Å². The summed E-state index contributed by atoms with van der Waals surface area (Å²) >= 11 is 0. The van der Waals surface area contributed by atoms with Crippen LogP contribution in [0.1, 0.15) is 51.4 Å². The van der Waals surface area contributed by atoms with Crippen LogP contribution in [0.5, 0.6) is 0 Å². The van der Waals surface area contributed by atoms with Gasteiger partial charge in [-0.3, -0.25) is 4.90 Å². The van der Waals surface area contributed by atoms with Crippen LogP contribution in [0, 0.1) is 0 Å². The van der Waals surface area contributed by atoms with Gasteiger partial charge in [0.1, 0.15) is 0 Å². The summed E-state index contributed by atoms with van der Waals surface area (Å²) in [5.74, 6) is 0. The second kappa shape index (κ2) is 7.05. The maximum Gasteiger partial charge on any atom is 0.0223 e. The second-order valence-electron chi connectivity index (χ2n) is 6.78. The monoisotopic (exact) mass is 265 g/mol. The van der Waals surface area contributed by atoms with Crippen LogP contribution >= 0.6 is 0 Å². The first-order valence-corrected chi connectivity index (χ1v) is 8.61. The molecular formula is C16H31N3. The fraction of sp³-hybridized carbons (Fsp3) is 1.00. The zero-order valence-corrected chi connectivity index (χ0v) is 12.4. The molecule has 1 saturated carbocycles. The smallest absolute Gasteiger partial charge is 0.0223 e. The van der Waals surface area contributed by atoms with Gasteiger partial charge in [0.15, 0.2) is 0 Å². The van der Waals surface area contributed by atoms with Gasteiger partial charge in [-0.15, -0.1) is 0 Å². The van der Waals surface area contributed by atoms with Gasteiger partial charge in [-0.25, -0.2) is 0 Å². The van der Waals surface area contributed by atoms with Crippen LogP contribution in [0.3, 0.4) is 0 Å². The first kappa shape index (κ1) is 13.8. The van der Waals surface area contributed by atoms with Crippen LogP contribution in [0.15, 0.2) is 0 Å². The van der Waals surface area contributed by atoms with Crippen molar-refractivity contribution in [1.82, 2.24) is 15.1 Å². The van der Waals surface area contributed by atoms with E-state index < -0.39 is 0 Å². The first-order valence-electron chi connectivity index (χ1n) is 8.61. The number of hydrogen-bond acceptors (Lipinski definition) is 3. The zero-order valence-electron chi connectivity index (χ0n) is 12.4. The Kier molecular flexibility index (Phi) is 5.14. The number of nitrogens with zero attached hydrogens (tertiary/aromatic N) is 2. The molecule has 0 aromatic rings. The Labute approximate surface area is 118 Å². The Bertz CT molecular complexity index is 263. The van der Waals surface area contributed by atoms with Crippen molar-refractivity contribution in [2.75, 3.05) is 39.3 Å². The van der Waals surface area contributed by atoms with Crippen molar-refractivity contribution in [2.45, 2.75) is 63.5 Å². The molecule has 3 heteroatoms. The molecule has 2 aliphatic heterocycles. The van der Waals surface area contributed by atoms with Gasteiger partial charge in [-0.2, -0.15) is 0 Å². The quantitative estimate of drug-likeness (QED) is 0.839. The van der Waals surface area contributed by atoms with Gasteiger partial charge in [0.25, 0.3) is 0 Å². The molecule has 0 amide bonds. The van der Waals surface area contributed by atoms with Crippen LogP contribution < -0.4 is 5.32 Å². The SMILES string of the molecule is C1CCC(NCCN2CCCN3CCCC3C2)CC1. The van der Waals surface area contributed by atoms with Crippen molar-refractivity contribution in [3.8, 4) is 0 Å². The minimum absolute atomic E-state index is 0.823. The second-order valence-corrected chi connectivity index (χ2v) is 6.78. The van der Waals surface area contributed by atoms with E-state index in [4.69, 9.17) is 0 Å². The summed E-state index contributed by atoms with van der Waals surface area (Å²) in [6.45, 7) is 7.82. The fourth-order valence-corrected chi connectivity index (χ4v) is 4.22. The third-order valence-corrected chi connectivity index (χ3v) is 5.35. The lowest BCUT2D eigenvalue weighted by molar-refractivity contribution is 0.217. The van der Waals surface area contributed by atoms with Gasteiger partial charge < -0.3 is 10.2 Å². The van der Waals surface area contributed by atoms with Crippen LogP contribution in [-0.4, -0.2) is 61.2 Å². The van der Waals surface area contributed by atoms with Gasteiger partial charge in [-0.1, -0.05) is 19.3 Å². The van der Waals surface area contributed by atoms with Crippen molar-refractivity contribution in [3.05, 3.63) is 0 Å². The Morgan fingerprint density at radius 1 is 0.842 bits per heavy atom. The predicted octanol–water partition coefficient (Wildman–Crippen LogP) is 2.08. The summed E-state index contributed by atoms with van der Waals surface area (Å²) in [6, 6.07) is 1.70. The summed E-state index contributed by atoms with van der Waals surface area (Å²) in [6.07, 6.45) is 11.4. The summed E-state index contributed by atoms with van der Waals surface area (Å²) < 4.78 is 0. The summed E-state index contributed by atoms with van der Waals surface area (Å²) in [5.41, 5.74) is 0. The highest BCUT2D eigenvalue weighted by molar-refractivity contribution is 4.85. The topological polar surface area (TPSA) is 18.5 Å². The molecule has 3 rings (SSSR count). The van der Waals surface area contributed by atoms with E-state index in [1.54, 1.807) is 0 Å². The van der Waals surface area contributed by atoms with E-state index in [-0.39, 0.29) is 0 Å². The molecule has 2 saturated heterocycles. The lowest BCUT2D eigenvalue weighted by atomic mass is 9.95. The number of hydrogen-bond donors (Lipinski definition) is 1. The molecule has 3 fully saturated rings. The molecule has 1 aliphatic carbocycles. The molecule has 0 radical (unpaired) electrons. The van der Waals surface area contributed by atoms with Crippen LogP contribution in [0.25, 0.3) is 0 Å². The van der Waals surface area contributed by atoms with Crippen LogP contribution in [0.2, 0.25) is 0 Å². The van der Waals surface area contributed by atoms with Gasteiger partial charge in [-0.05, 0) is 51.7 Å². The van der Waals surface area contributed by atoms with E-state index in [2.05, 4.69) is 15.1 Å². The van der Waals surface area contributed by atoms with E-state index in [1.807, 2.05) is 0 Å². The molecule has 3 aliphatic rings. The van der Waals surface area contributed by atoms with Crippen molar-refractivity contribution in [2.24, 2.45) is 0 Å². The van der Waals surface area contributed by atoms with Gasteiger partial charge in [0.05, 0.1) is 0 Å². The normalized spacial score (nSPS) is 31.3.